The summed E-state index contributed by atoms with van der Waals surface area (Å²) in [7, 11) is 0. The van der Waals surface area contributed by atoms with Crippen molar-refractivity contribution in [2.24, 2.45) is 5.41 Å². The quantitative estimate of drug-likeness (QED) is 0.818. The van der Waals surface area contributed by atoms with E-state index in [1.54, 1.807) is 0 Å². The Balaban J connectivity index is 1.82. The molecule has 0 aromatic rings. The van der Waals surface area contributed by atoms with Crippen LogP contribution in [0.1, 0.15) is 33.1 Å². The van der Waals surface area contributed by atoms with Gasteiger partial charge in [0, 0.05) is 23.1 Å². The molecule has 0 bridgehead atoms. The van der Waals surface area contributed by atoms with E-state index in [0.29, 0.717) is 10.2 Å². The molecular weight excluding hydrogens is 222 g/mol. The van der Waals surface area contributed by atoms with E-state index < -0.39 is 0 Å². The van der Waals surface area contributed by atoms with Crippen LogP contribution in [0.3, 0.4) is 0 Å². The minimum atomic E-state index is 0.500. The fourth-order valence-corrected chi connectivity index (χ4v) is 4.55. The van der Waals surface area contributed by atoms with Gasteiger partial charge < -0.3 is 5.32 Å². The molecule has 1 N–H and O–H groups in total. The van der Waals surface area contributed by atoms with Gasteiger partial charge in [0.1, 0.15) is 0 Å². The average molecular weight is 245 g/mol. The van der Waals surface area contributed by atoms with Crippen molar-refractivity contribution < 1.29 is 0 Å². The van der Waals surface area contributed by atoms with Crippen molar-refractivity contribution in [2.75, 3.05) is 24.3 Å². The lowest BCUT2D eigenvalue weighted by Crippen LogP contribution is -2.48. The lowest BCUT2D eigenvalue weighted by molar-refractivity contribution is 0.246. The molecule has 1 saturated heterocycles. The molecule has 0 aromatic heterocycles. The zero-order valence-corrected chi connectivity index (χ0v) is 11.8. The summed E-state index contributed by atoms with van der Waals surface area (Å²) in [6, 6.07) is 0.723. The molecule has 15 heavy (non-hydrogen) atoms. The highest BCUT2D eigenvalue weighted by Gasteiger charge is 2.43. The van der Waals surface area contributed by atoms with E-state index in [4.69, 9.17) is 0 Å². The number of hydrogen-bond acceptors (Lipinski definition) is 3. The maximum absolute atomic E-state index is 3.82. The molecule has 1 saturated carbocycles. The maximum Gasteiger partial charge on any atom is 0.0282 e. The van der Waals surface area contributed by atoms with Crippen LogP contribution < -0.4 is 5.32 Å². The van der Waals surface area contributed by atoms with E-state index in [9.17, 15) is 0 Å². The van der Waals surface area contributed by atoms with Crippen LogP contribution in [0.5, 0.6) is 0 Å². The summed E-state index contributed by atoms with van der Waals surface area (Å²) in [5.41, 5.74) is 0.500. The van der Waals surface area contributed by atoms with Crippen LogP contribution in [0.2, 0.25) is 0 Å². The Morgan fingerprint density at radius 3 is 2.60 bits per heavy atom. The first-order chi connectivity index (χ1) is 7.08. The molecule has 1 heterocycles. The first-order valence-electron chi connectivity index (χ1n) is 5.94. The van der Waals surface area contributed by atoms with E-state index in [1.807, 2.05) is 0 Å². The highest BCUT2D eigenvalue weighted by Crippen LogP contribution is 2.47. The van der Waals surface area contributed by atoms with Gasteiger partial charge >= 0.3 is 0 Å². The van der Waals surface area contributed by atoms with E-state index >= 15 is 0 Å². The van der Waals surface area contributed by atoms with Gasteiger partial charge in [0.2, 0.25) is 0 Å². The minimum absolute atomic E-state index is 0.500. The number of hydrogen-bond donors (Lipinski definition) is 1. The molecule has 1 aliphatic carbocycles. The number of nitrogens with one attached hydrogen (secondary N) is 1. The molecule has 88 valence electrons. The summed E-state index contributed by atoms with van der Waals surface area (Å²) < 4.78 is 0.609. The van der Waals surface area contributed by atoms with Crippen molar-refractivity contribution in [3.05, 3.63) is 0 Å². The fraction of sp³-hybridized carbons (Fsp3) is 1.00. The molecular formula is C12H23NS2. The van der Waals surface area contributed by atoms with Crippen molar-refractivity contribution in [1.82, 2.24) is 5.32 Å². The second kappa shape index (κ2) is 4.50. The SMILES string of the molecule is CSC1(CNC2CSCCC2(C)C)CC1. The van der Waals surface area contributed by atoms with Crippen LogP contribution in [-0.4, -0.2) is 35.1 Å². The number of rotatable bonds is 4. The minimum Gasteiger partial charge on any atom is -0.311 e. The van der Waals surface area contributed by atoms with E-state index in [1.165, 1.54) is 37.3 Å². The van der Waals surface area contributed by atoms with Crippen molar-refractivity contribution in [3.8, 4) is 0 Å². The van der Waals surface area contributed by atoms with Crippen LogP contribution in [0.15, 0.2) is 0 Å². The molecule has 3 heteroatoms. The van der Waals surface area contributed by atoms with Gasteiger partial charge in [-0.05, 0) is 36.7 Å². The van der Waals surface area contributed by atoms with Crippen LogP contribution in [0.25, 0.3) is 0 Å². The van der Waals surface area contributed by atoms with Crippen molar-refractivity contribution in [1.29, 1.82) is 0 Å². The first-order valence-corrected chi connectivity index (χ1v) is 8.32. The number of thioether (sulfide) groups is 2. The van der Waals surface area contributed by atoms with Crippen LogP contribution in [-0.2, 0) is 0 Å². The van der Waals surface area contributed by atoms with Crippen molar-refractivity contribution in [3.63, 3.8) is 0 Å². The largest absolute Gasteiger partial charge is 0.311 e. The highest BCUT2D eigenvalue weighted by molar-refractivity contribution is 8.00. The molecule has 1 atom stereocenters. The topological polar surface area (TPSA) is 12.0 Å². The first kappa shape index (κ1) is 12.1. The summed E-state index contributed by atoms with van der Waals surface area (Å²) in [5, 5.41) is 3.82. The Bertz CT molecular complexity index is 224. The van der Waals surface area contributed by atoms with Gasteiger partial charge in [0.05, 0.1) is 0 Å². The monoisotopic (exact) mass is 245 g/mol. The lowest BCUT2D eigenvalue weighted by Gasteiger charge is -2.39. The van der Waals surface area contributed by atoms with E-state index in [0.717, 1.165) is 6.04 Å². The summed E-state index contributed by atoms with van der Waals surface area (Å²) in [5.74, 6) is 2.65. The predicted octanol–water partition coefficient (Wildman–Crippen LogP) is 3.00. The highest BCUT2D eigenvalue weighted by atomic mass is 32.2. The fourth-order valence-electron chi connectivity index (χ4n) is 2.17. The molecule has 0 spiro atoms. The summed E-state index contributed by atoms with van der Waals surface area (Å²) >= 11 is 4.17. The molecule has 0 aromatic carbocycles. The van der Waals surface area contributed by atoms with E-state index in [2.05, 4.69) is 48.9 Å². The summed E-state index contributed by atoms with van der Waals surface area (Å²) in [6.07, 6.45) is 6.46. The zero-order chi connectivity index (χ0) is 10.9. The third-order valence-electron chi connectivity index (χ3n) is 4.03. The smallest absolute Gasteiger partial charge is 0.0282 e. The molecule has 1 unspecified atom stereocenters. The van der Waals surface area contributed by atoms with Crippen LogP contribution >= 0.6 is 23.5 Å². The van der Waals surface area contributed by atoms with E-state index in [-0.39, 0.29) is 0 Å². The Morgan fingerprint density at radius 2 is 2.07 bits per heavy atom. The van der Waals surface area contributed by atoms with Gasteiger partial charge in [-0.1, -0.05) is 13.8 Å². The van der Waals surface area contributed by atoms with Gasteiger partial charge in [-0.2, -0.15) is 23.5 Å². The normalized spacial score (nSPS) is 32.6. The van der Waals surface area contributed by atoms with Crippen LogP contribution in [0, 0.1) is 5.41 Å². The van der Waals surface area contributed by atoms with Gasteiger partial charge in [0.25, 0.3) is 0 Å². The molecule has 2 aliphatic rings. The van der Waals surface area contributed by atoms with Gasteiger partial charge in [-0.25, -0.2) is 0 Å². The Hall–Kier alpha value is 0.660. The molecule has 1 nitrogen and oxygen atoms in total. The zero-order valence-electron chi connectivity index (χ0n) is 10.1. The maximum atomic E-state index is 3.82. The second-order valence-corrected chi connectivity index (χ2v) is 8.06. The van der Waals surface area contributed by atoms with Gasteiger partial charge in [0.15, 0.2) is 0 Å². The third-order valence-corrected chi connectivity index (χ3v) is 6.51. The molecule has 0 radical (unpaired) electrons. The van der Waals surface area contributed by atoms with Crippen molar-refractivity contribution in [2.45, 2.75) is 43.9 Å². The Kier molecular flexibility index (Phi) is 3.64. The lowest BCUT2D eigenvalue weighted by atomic mass is 9.82. The summed E-state index contributed by atoms with van der Waals surface area (Å²) in [4.78, 5) is 0. The standard InChI is InChI=1S/C12H23NS2/c1-11(2)6-7-15-8-10(11)13-9-12(14-3)4-5-12/h10,13H,4-9H2,1-3H3. The van der Waals surface area contributed by atoms with Crippen molar-refractivity contribution >= 4 is 23.5 Å². The molecule has 0 amide bonds. The third kappa shape index (κ3) is 2.86. The second-order valence-electron chi connectivity index (χ2n) is 5.63. The van der Waals surface area contributed by atoms with Crippen LogP contribution in [0.4, 0.5) is 0 Å². The Morgan fingerprint density at radius 1 is 1.33 bits per heavy atom. The summed E-state index contributed by atoms with van der Waals surface area (Å²) in [6.45, 7) is 6.06. The van der Waals surface area contributed by atoms with Gasteiger partial charge in [-0.3, -0.25) is 0 Å². The average Bonchev–Trinajstić information content (AvgIpc) is 2.96. The molecule has 2 rings (SSSR count). The molecule has 1 aliphatic heterocycles. The van der Waals surface area contributed by atoms with Gasteiger partial charge in [-0.15, -0.1) is 0 Å². The Labute approximate surface area is 103 Å². The molecule has 2 fully saturated rings. The predicted molar refractivity (Wildman–Crippen MR) is 73.0 cm³/mol.